The summed E-state index contributed by atoms with van der Waals surface area (Å²) in [4.78, 5) is 8.67. The molecule has 1 heterocycles. The van der Waals surface area contributed by atoms with E-state index in [0.717, 1.165) is 0 Å². The van der Waals surface area contributed by atoms with Gasteiger partial charge in [-0.2, -0.15) is 13.2 Å². The fraction of sp³-hybridized carbons (Fsp3) is 0.692. The SMILES string of the molecule is CCNc1cc(N(C)CCOC(C)C)nc(C(F)(F)F)n1. The van der Waals surface area contributed by atoms with Crippen molar-refractivity contribution in [3.8, 4) is 0 Å². The molecule has 0 radical (unpaired) electrons. The lowest BCUT2D eigenvalue weighted by Gasteiger charge is -2.20. The number of hydrogen-bond donors (Lipinski definition) is 1. The number of aromatic nitrogens is 2. The molecule has 0 amide bonds. The fourth-order valence-corrected chi connectivity index (χ4v) is 1.57. The van der Waals surface area contributed by atoms with Crippen molar-refractivity contribution in [1.29, 1.82) is 0 Å². The number of halogens is 3. The molecule has 0 aliphatic rings. The van der Waals surface area contributed by atoms with Crippen LogP contribution in [0.1, 0.15) is 26.6 Å². The van der Waals surface area contributed by atoms with Gasteiger partial charge in [-0.15, -0.1) is 0 Å². The van der Waals surface area contributed by atoms with Gasteiger partial charge in [0.1, 0.15) is 11.6 Å². The summed E-state index contributed by atoms with van der Waals surface area (Å²) in [5.74, 6) is -0.778. The van der Waals surface area contributed by atoms with Gasteiger partial charge in [-0.1, -0.05) is 0 Å². The smallest absolute Gasteiger partial charge is 0.377 e. The van der Waals surface area contributed by atoms with Crippen LogP contribution in [0.4, 0.5) is 24.8 Å². The van der Waals surface area contributed by atoms with Crippen LogP contribution >= 0.6 is 0 Å². The van der Waals surface area contributed by atoms with Crippen LogP contribution in [0.15, 0.2) is 6.07 Å². The highest BCUT2D eigenvalue weighted by Gasteiger charge is 2.35. The molecule has 5 nitrogen and oxygen atoms in total. The van der Waals surface area contributed by atoms with Crippen molar-refractivity contribution < 1.29 is 17.9 Å². The van der Waals surface area contributed by atoms with Crippen molar-refractivity contribution in [2.45, 2.75) is 33.1 Å². The van der Waals surface area contributed by atoms with E-state index in [2.05, 4.69) is 15.3 Å². The molecule has 1 N–H and O–H groups in total. The van der Waals surface area contributed by atoms with Crippen LogP contribution in [-0.2, 0) is 10.9 Å². The van der Waals surface area contributed by atoms with Crippen molar-refractivity contribution in [3.05, 3.63) is 11.9 Å². The first-order valence-electron chi connectivity index (χ1n) is 6.77. The Morgan fingerprint density at radius 1 is 1.33 bits per heavy atom. The standard InChI is InChI=1S/C13H21F3N4O/c1-5-17-10-8-11(19-12(18-10)13(14,15)16)20(4)6-7-21-9(2)3/h8-9H,5-7H2,1-4H3,(H,17,18,19). The highest BCUT2D eigenvalue weighted by molar-refractivity contribution is 5.49. The molecule has 1 aromatic heterocycles. The molecule has 0 saturated carbocycles. The third kappa shape index (κ3) is 5.74. The van der Waals surface area contributed by atoms with Crippen LogP contribution in [0.25, 0.3) is 0 Å². The minimum absolute atomic E-state index is 0.0758. The van der Waals surface area contributed by atoms with Crippen LogP contribution in [-0.4, -0.2) is 42.8 Å². The van der Waals surface area contributed by atoms with E-state index in [-0.39, 0.29) is 17.7 Å². The Morgan fingerprint density at radius 3 is 2.52 bits per heavy atom. The maximum Gasteiger partial charge on any atom is 0.451 e. The van der Waals surface area contributed by atoms with E-state index >= 15 is 0 Å². The molecule has 0 aliphatic carbocycles. The summed E-state index contributed by atoms with van der Waals surface area (Å²) in [5.41, 5.74) is 0. The van der Waals surface area contributed by atoms with Crippen molar-refractivity contribution >= 4 is 11.6 Å². The zero-order chi connectivity index (χ0) is 16.0. The Morgan fingerprint density at radius 2 is 2.00 bits per heavy atom. The number of ether oxygens (including phenoxy) is 1. The lowest BCUT2D eigenvalue weighted by molar-refractivity contribution is -0.144. The molecule has 120 valence electrons. The van der Waals surface area contributed by atoms with Gasteiger partial charge in [-0.3, -0.25) is 0 Å². The Kier molecular flexibility index (Phi) is 6.19. The van der Waals surface area contributed by atoms with Crippen LogP contribution in [0.2, 0.25) is 0 Å². The van der Waals surface area contributed by atoms with E-state index in [1.807, 2.05) is 13.8 Å². The minimum Gasteiger partial charge on any atom is -0.377 e. The van der Waals surface area contributed by atoms with Gasteiger partial charge >= 0.3 is 6.18 Å². The minimum atomic E-state index is -4.57. The number of alkyl halides is 3. The third-order valence-electron chi connectivity index (χ3n) is 2.59. The van der Waals surface area contributed by atoms with Crippen molar-refractivity contribution in [2.75, 3.05) is 37.0 Å². The van der Waals surface area contributed by atoms with Crippen LogP contribution in [0.3, 0.4) is 0 Å². The fourth-order valence-electron chi connectivity index (χ4n) is 1.57. The van der Waals surface area contributed by atoms with Crippen molar-refractivity contribution in [2.24, 2.45) is 0 Å². The average molecular weight is 306 g/mol. The van der Waals surface area contributed by atoms with Crippen LogP contribution in [0.5, 0.6) is 0 Å². The van der Waals surface area contributed by atoms with Gasteiger partial charge in [-0.25, -0.2) is 9.97 Å². The molecule has 0 spiro atoms. The molecule has 0 bridgehead atoms. The lowest BCUT2D eigenvalue weighted by Crippen LogP contribution is -2.26. The van der Waals surface area contributed by atoms with E-state index in [0.29, 0.717) is 19.7 Å². The number of anilines is 2. The Balaban J connectivity index is 2.91. The van der Waals surface area contributed by atoms with Gasteiger partial charge in [0, 0.05) is 26.2 Å². The molecule has 1 aromatic rings. The highest BCUT2D eigenvalue weighted by atomic mass is 19.4. The maximum atomic E-state index is 12.8. The van der Waals surface area contributed by atoms with E-state index < -0.39 is 12.0 Å². The second kappa shape index (κ2) is 7.44. The molecule has 0 aliphatic heterocycles. The monoisotopic (exact) mass is 306 g/mol. The molecule has 8 heteroatoms. The first-order chi connectivity index (χ1) is 9.74. The quantitative estimate of drug-likeness (QED) is 0.839. The van der Waals surface area contributed by atoms with Gasteiger partial charge in [0.2, 0.25) is 5.82 Å². The van der Waals surface area contributed by atoms with E-state index in [4.69, 9.17) is 4.74 Å². The molecule has 0 saturated heterocycles. The second-order valence-electron chi connectivity index (χ2n) is 4.80. The van der Waals surface area contributed by atoms with Gasteiger partial charge in [0.15, 0.2) is 0 Å². The maximum absolute atomic E-state index is 12.8. The molecule has 1 rings (SSSR count). The van der Waals surface area contributed by atoms with Crippen molar-refractivity contribution in [3.63, 3.8) is 0 Å². The number of likely N-dealkylation sites (N-methyl/N-ethyl adjacent to an activating group) is 1. The number of rotatable bonds is 7. The molecular formula is C13H21F3N4O. The summed E-state index contributed by atoms with van der Waals surface area (Å²) in [5, 5.41) is 2.78. The molecule has 0 atom stereocenters. The van der Waals surface area contributed by atoms with Gasteiger partial charge < -0.3 is 15.0 Å². The zero-order valence-electron chi connectivity index (χ0n) is 12.7. The first-order valence-corrected chi connectivity index (χ1v) is 6.77. The molecule has 21 heavy (non-hydrogen) atoms. The summed E-state index contributed by atoms with van der Waals surface area (Å²) in [7, 11) is 1.67. The van der Waals surface area contributed by atoms with Gasteiger partial charge in [0.25, 0.3) is 0 Å². The number of nitrogens with zero attached hydrogens (tertiary/aromatic N) is 3. The van der Waals surface area contributed by atoms with Gasteiger partial charge in [-0.05, 0) is 20.8 Å². The topological polar surface area (TPSA) is 50.3 Å². The van der Waals surface area contributed by atoms with E-state index in [1.54, 1.807) is 18.9 Å². The predicted octanol–water partition coefficient (Wildman–Crippen LogP) is 2.79. The predicted molar refractivity (Wildman–Crippen MR) is 75.6 cm³/mol. The average Bonchev–Trinajstić information content (AvgIpc) is 2.37. The summed E-state index contributed by atoms with van der Waals surface area (Å²) in [6.07, 6.45) is -4.50. The molecular weight excluding hydrogens is 285 g/mol. The largest absolute Gasteiger partial charge is 0.451 e. The normalized spacial score (nSPS) is 11.8. The summed E-state index contributed by atoms with van der Waals surface area (Å²) < 4.78 is 43.8. The highest BCUT2D eigenvalue weighted by Crippen LogP contribution is 2.29. The van der Waals surface area contributed by atoms with Crippen LogP contribution < -0.4 is 10.2 Å². The number of hydrogen-bond acceptors (Lipinski definition) is 5. The van der Waals surface area contributed by atoms with E-state index in [9.17, 15) is 13.2 Å². The third-order valence-corrected chi connectivity index (χ3v) is 2.59. The molecule has 0 aromatic carbocycles. The Bertz CT molecular complexity index is 452. The first kappa shape index (κ1) is 17.5. The van der Waals surface area contributed by atoms with Crippen LogP contribution in [0, 0.1) is 0 Å². The summed E-state index contributed by atoms with van der Waals surface area (Å²) in [6.45, 7) is 6.92. The lowest BCUT2D eigenvalue weighted by atomic mass is 10.4. The van der Waals surface area contributed by atoms with Crippen molar-refractivity contribution in [1.82, 2.24) is 9.97 Å². The van der Waals surface area contributed by atoms with Gasteiger partial charge in [0.05, 0.1) is 12.7 Å². The second-order valence-corrected chi connectivity index (χ2v) is 4.80. The Hall–Kier alpha value is -1.57. The molecule has 0 fully saturated rings. The van der Waals surface area contributed by atoms with E-state index in [1.165, 1.54) is 6.07 Å². The summed E-state index contributed by atoms with van der Waals surface area (Å²) >= 11 is 0. The summed E-state index contributed by atoms with van der Waals surface area (Å²) in [6, 6.07) is 1.49. The molecule has 0 unspecified atom stereocenters. The number of nitrogens with one attached hydrogen (secondary N) is 1. The Labute approximate surface area is 122 Å². The zero-order valence-corrected chi connectivity index (χ0v) is 12.7.